The molecule has 2 aliphatic heterocycles. The van der Waals surface area contributed by atoms with E-state index in [4.69, 9.17) is 9.84 Å². The summed E-state index contributed by atoms with van der Waals surface area (Å²) in [6, 6.07) is 0. The zero-order valence-corrected chi connectivity index (χ0v) is 8.73. The van der Waals surface area contributed by atoms with Crippen molar-refractivity contribution in [2.45, 2.75) is 25.4 Å². The van der Waals surface area contributed by atoms with Gasteiger partial charge < -0.3 is 14.7 Å². The van der Waals surface area contributed by atoms with Crippen molar-refractivity contribution in [3.05, 3.63) is 0 Å². The second-order valence-corrected chi connectivity index (χ2v) is 4.43. The first kappa shape index (κ1) is 10.4. The first-order valence-corrected chi connectivity index (χ1v) is 5.19. The molecule has 1 N–H and O–H groups in total. The van der Waals surface area contributed by atoms with Crippen molar-refractivity contribution in [3.8, 4) is 0 Å². The summed E-state index contributed by atoms with van der Waals surface area (Å²) >= 11 is 0. The van der Waals surface area contributed by atoms with E-state index in [9.17, 15) is 9.59 Å². The van der Waals surface area contributed by atoms with Crippen LogP contribution in [0.1, 0.15) is 19.8 Å². The smallest absolute Gasteiger partial charge is 0.310 e. The Kier molecular flexibility index (Phi) is 2.42. The lowest BCUT2D eigenvalue weighted by molar-refractivity contribution is -0.163. The SMILES string of the molecule is CC1(C(=O)N2CC(C(=O)O)C2)CCCO1. The Labute approximate surface area is 88.0 Å². The molecule has 2 heterocycles. The Balaban J connectivity index is 1.91. The average Bonchev–Trinajstić information content (AvgIpc) is 2.49. The lowest BCUT2D eigenvalue weighted by atomic mass is 9.94. The summed E-state index contributed by atoms with van der Waals surface area (Å²) in [5.74, 6) is -1.27. The molecule has 0 bridgehead atoms. The van der Waals surface area contributed by atoms with Gasteiger partial charge in [0.15, 0.2) is 0 Å². The van der Waals surface area contributed by atoms with Gasteiger partial charge in [0.25, 0.3) is 5.91 Å². The van der Waals surface area contributed by atoms with Gasteiger partial charge in [-0.3, -0.25) is 9.59 Å². The van der Waals surface area contributed by atoms with E-state index in [1.54, 1.807) is 11.8 Å². The molecule has 2 saturated heterocycles. The summed E-state index contributed by atoms with van der Waals surface area (Å²) in [4.78, 5) is 24.1. The summed E-state index contributed by atoms with van der Waals surface area (Å²) in [6.07, 6.45) is 1.64. The predicted molar refractivity (Wildman–Crippen MR) is 51.3 cm³/mol. The van der Waals surface area contributed by atoms with E-state index in [0.717, 1.165) is 12.8 Å². The maximum Gasteiger partial charge on any atom is 0.310 e. The second-order valence-electron chi connectivity index (χ2n) is 4.43. The molecule has 0 aromatic rings. The number of carbonyl (C=O) groups excluding carboxylic acids is 1. The highest BCUT2D eigenvalue weighted by molar-refractivity contribution is 5.87. The highest BCUT2D eigenvalue weighted by atomic mass is 16.5. The van der Waals surface area contributed by atoms with Crippen LogP contribution in [0.4, 0.5) is 0 Å². The minimum atomic E-state index is -0.823. The molecule has 0 aliphatic carbocycles. The van der Waals surface area contributed by atoms with E-state index < -0.39 is 11.6 Å². The molecule has 2 aliphatic rings. The van der Waals surface area contributed by atoms with Crippen molar-refractivity contribution >= 4 is 11.9 Å². The molecule has 1 amide bonds. The molecule has 1 atom stereocenters. The Hall–Kier alpha value is -1.10. The van der Waals surface area contributed by atoms with Crippen molar-refractivity contribution in [1.82, 2.24) is 4.90 Å². The summed E-state index contributed by atoms with van der Waals surface area (Å²) in [5.41, 5.74) is -0.705. The molecular weight excluding hydrogens is 198 g/mol. The minimum Gasteiger partial charge on any atom is -0.481 e. The molecule has 2 fully saturated rings. The third kappa shape index (κ3) is 1.71. The van der Waals surface area contributed by atoms with Gasteiger partial charge in [-0.1, -0.05) is 0 Å². The van der Waals surface area contributed by atoms with Crippen LogP contribution in [0.15, 0.2) is 0 Å². The van der Waals surface area contributed by atoms with Gasteiger partial charge in [0.05, 0.1) is 5.92 Å². The summed E-state index contributed by atoms with van der Waals surface area (Å²) in [5, 5.41) is 8.69. The maximum absolute atomic E-state index is 11.9. The monoisotopic (exact) mass is 213 g/mol. The topological polar surface area (TPSA) is 66.8 Å². The molecule has 15 heavy (non-hydrogen) atoms. The minimum absolute atomic E-state index is 0.0579. The molecule has 84 valence electrons. The largest absolute Gasteiger partial charge is 0.481 e. The fraction of sp³-hybridized carbons (Fsp3) is 0.800. The van der Waals surface area contributed by atoms with Gasteiger partial charge in [-0.15, -0.1) is 0 Å². The third-order valence-corrected chi connectivity index (χ3v) is 3.19. The number of likely N-dealkylation sites (tertiary alicyclic amines) is 1. The molecule has 0 radical (unpaired) electrons. The number of carbonyl (C=O) groups is 2. The molecule has 2 rings (SSSR count). The molecule has 5 heteroatoms. The van der Waals surface area contributed by atoms with Gasteiger partial charge in [-0.2, -0.15) is 0 Å². The van der Waals surface area contributed by atoms with E-state index >= 15 is 0 Å². The number of hydrogen-bond donors (Lipinski definition) is 1. The van der Waals surface area contributed by atoms with Crippen molar-refractivity contribution in [3.63, 3.8) is 0 Å². The van der Waals surface area contributed by atoms with Crippen molar-refractivity contribution in [2.24, 2.45) is 5.92 Å². The number of carboxylic acid groups (broad SMARTS) is 1. The van der Waals surface area contributed by atoms with Crippen LogP contribution < -0.4 is 0 Å². The van der Waals surface area contributed by atoms with Crippen LogP contribution in [-0.2, 0) is 14.3 Å². The summed E-state index contributed by atoms with van der Waals surface area (Å²) in [7, 11) is 0. The Bertz CT molecular complexity index is 290. The maximum atomic E-state index is 11.9. The van der Waals surface area contributed by atoms with Gasteiger partial charge in [-0.05, 0) is 19.8 Å². The highest BCUT2D eigenvalue weighted by Crippen LogP contribution is 2.30. The van der Waals surface area contributed by atoms with E-state index in [0.29, 0.717) is 19.7 Å². The van der Waals surface area contributed by atoms with Crippen LogP contribution >= 0.6 is 0 Å². The normalized spacial score (nSPS) is 31.4. The second kappa shape index (κ2) is 3.48. The van der Waals surface area contributed by atoms with Gasteiger partial charge >= 0.3 is 5.97 Å². The van der Waals surface area contributed by atoms with E-state index in [-0.39, 0.29) is 11.8 Å². The molecule has 1 unspecified atom stereocenters. The standard InChI is InChI=1S/C10H15NO4/c1-10(3-2-4-15-10)9(14)11-5-7(6-11)8(12)13/h7H,2-6H2,1H3,(H,12,13). The van der Waals surface area contributed by atoms with Gasteiger partial charge in [0.2, 0.25) is 0 Å². The summed E-state index contributed by atoms with van der Waals surface area (Å²) < 4.78 is 5.42. The molecule has 5 nitrogen and oxygen atoms in total. The number of nitrogens with zero attached hydrogens (tertiary/aromatic N) is 1. The van der Waals surface area contributed by atoms with Gasteiger partial charge in [0, 0.05) is 19.7 Å². The van der Waals surface area contributed by atoms with Crippen LogP contribution in [-0.4, -0.2) is 47.2 Å². The Morgan fingerprint density at radius 1 is 1.47 bits per heavy atom. The van der Waals surface area contributed by atoms with Crippen molar-refractivity contribution < 1.29 is 19.4 Å². The fourth-order valence-electron chi connectivity index (χ4n) is 2.08. The van der Waals surface area contributed by atoms with Gasteiger partial charge in [0.1, 0.15) is 5.60 Å². The van der Waals surface area contributed by atoms with Crippen LogP contribution in [0.2, 0.25) is 0 Å². The number of rotatable bonds is 2. The molecule has 0 saturated carbocycles. The highest BCUT2D eigenvalue weighted by Gasteiger charge is 2.45. The Morgan fingerprint density at radius 2 is 2.13 bits per heavy atom. The first-order valence-electron chi connectivity index (χ1n) is 5.19. The molecule has 0 aromatic heterocycles. The van der Waals surface area contributed by atoms with E-state index in [2.05, 4.69) is 0 Å². The van der Waals surface area contributed by atoms with E-state index in [1.807, 2.05) is 0 Å². The number of hydrogen-bond acceptors (Lipinski definition) is 3. The number of amides is 1. The summed E-state index contributed by atoms with van der Waals surface area (Å²) in [6.45, 7) is 3.06. The predicted octanol–water partition coefficient (Wildman–Crippen LogP) is 0.0985. The quantitative estimate of drug-likeness (QED) is 0.706. The first-order chi connectivity index (χ1) is 7.03. The zero-order valence-electron chi connectivity index (χ0n) is 8.73. The zero-order chi connectivity index (χ0) is 11.1. The molecule has 0 aromatic carbocycles. The van der Waals surface area contributed by atoms with Crippen LogP contribution in [0.3, 0.4) is 0 Å². The average molecular weight is 213 g/mol. The molecule has 0 spiro atoms. The van der Waals surface area contributed by atoms with Crippen molar-refractivity contribution in [1.29, 1.82) is 0 Å². The van der Waals surface area contributed by atoms with Crippen LogP contribution in [0, 0.1) is 5.92 Å². The number of aliphatic carboxylic acids is 1. The Morgan fingerprint density at radius 3 is 2.60 bits per heavy atom. The van der Waals surface area contributed by atoms with E-state index in [1.165, 1.54) is 0 Å². The number of carboxylic acids is 1. The molecular formula is C10H15NO4. The van der Waals surface area contributed by atoms with Crippen LogP contribution in [0.5, 0.6) is 0 Å². The van der Waals surface area contributed by atoms with Crippen molar-refractivity contribution in [2.75, 3.05) is 19.7 Å². The lowest BCUT2D eigenvalue weighted by Gasteiger charge is -2.40. The lowest BCUT2D eigenvalue weighted by Crippen LogP contribution is -2.58. The van der Waals surface area contributed by atoms with Crippen LogP contribution in [0.25, 0.3) is 0 Å². The fourth-order valence-corrected chi connectivity index (χ4v) is 2.08. The number of ether oxygens (including phenoxy) is 1. The van der Waals surface area contributed by atoms with Gasteiger partial charge in [-0.25, -0.2) is 0 Å². The third-order valence-electron chi connectivity index (χ3n) is 3.19.